The van der Waals surface area contributed by atoms with Crippen LogP contribution in [0.3, 0.4) is 0 Å². The maximum atomic E-state index is 12.5. The molecule has 1 heterocycles. The second kappa shape index (κ2) is 6.31. The van der Waals surface area contributed by atoms with Crippen LogP contribution in [0.15, 0.2) is 54.7 Å². The summed E-state index contributed by atoms with van der Waals surface area (Å²) in [6, 6.07) is 15.3. The molecular weight excluding hydrogens is 308 g/mol. The Kier molecular flexibility index (Phi) is 4.22. The third-order valence-corrected chi connectivity index (χ3v) is 4.13. The van der Waals surface area contributed by atoms with Gasteiger partial charge in [-0.15, -0.1) is 0 Å². The Morgan fingerprint density at radius 1 is 1.04 bits per heavy atom. The van der Waals surface area contributed by atoms with E-state index in [0.717, 1.165) is 22.5 Å². The Morgan fingerprint density at radius 2 is 1.83 bits per heavy atom. The number of anilines is 2. The Bertz CT molecular complexity index is 867. The second-order valence-corrected chi connectivity index (χ2v) is 5.91. The molecule has 0 saturated heterocycles. The van der Waals surface area contributed by atoms with Crippen molar-refractivity contribution in [3.8, 4) is 0 Å². The molecule has 23 heavy (non-hydrogen) atoms. The van der Waals surface area contributed by atoms with Gasteiger partial charge in [-0.25, -0.2) is 0 Å². The van der Waals surface area contributed by atoms with Crippen LogP contribution in [0.1, 0.15) is 27.2 Å². The molecule has 0 aliphatic carbocycles. The first-order valence-electron chi connectivity index (χ1n) is 7.37. The number of halogens is 1. The minimum absolute atomic E-state index is 0.0973. The minimum atomic E-state index is -0.0973. The van der Waals surface area contributed by atoms with E-state index >= 15 is 0 Å². The molecule has 0 fully saturated rings. The van der Waals surface area contributed by atoms with Crippen LogP contribution in [0.25, 0.3) is 0 Å². The van der Waals surface area contributed by atoms with Gasteiger partial charge in [0.1, 0.15) is 0 Å². The standard InChI is InChI=1S/C19H17ClN2O/c1-12-5-3-4-6-17(12)22-14-7-8-15(16(20)11-14)19(23)18-13(2)9-10-21-18/h3-11,21-22H,1-2H3. The zero-order valence-corrected chi connectivity index (χ0v) is 13.7. The van der Waals surface area contributed by atoms with E-state index in [1.807, 2.05) is 50.2 Å². The maximum Gasteiger partial charge on any atom is 0.210 e. The fourth-order valence-electron chi connectivity index (χ4n) is 2.47. The lowest BCUT2D eigenvalue weighted by atomic mass is 10.1. The van der Waals surface area contributed by atoms with Crippen LogP contribution < -0.4 is 5.32 Å². The van der Waals surface area contributed by atoms with Crippen molar-refractivity contribution in [1.29, 1.82) is 0 Å². The highest BCUT2D eigenvalue weighted by Gasteiger charge is 2.16. The number of ketones is 1. The van der Waals surface area contributed by atoms with Gasteiger partial charge in [0.05, 0.1) is 10.7 Å². The number of aromatic nitrogens is 1. The number of aromatic amines is 1. The third kappa shape index (κ3) is 3.15. The summed E-state index contributed by atoms with van der Waals surface area (Å²) >= 11 is 6.32. The van der Waals surface area contributed by atoms with Crippen LogP contribution in [0.5, 0.6) is 0 Å². The summed E-state index contributed by atoms with van der Waals surface area (Å²) < 4.78 is 0. The molecule has 0 aliphatic heterocycles. The van der Waals surface area contributed by atoms with E-state index in [1.54, 1.807) is 18.3 Å². The molecule has 0 amide bonds. The molecule has 0 bridgehead atoms. The number of H-pyrrole nitrogens is 1. The van der Waals surface area contributed by atoms with E-state index in [1.165, 1.54) is 0 Å². The monoisotopic (exact) mass is 324 g/mol. The smallest absolute Gasteiger partial charge is 0.210 e. The van der Waals surface area contributed by atoms with Crippen molar-refractivity contribution in [2.24, 2.45) is 0 Å². The first-order valence-corrected chi connectivity index (χ1v) is 7.75. The molecule has 3 aromatic rings. The van der Waals surface area contributed by atoms with Crippen molar-refractivity contribution in [2.45, 2.75) is 13.8 Å². The number of hydrogen-bond acceptors (Lipinski definition) is 2. The molecule has 3 nitrogen and oxygen atoms in total. The minimum Gasteiger partial charge on any atom is -0.358 e. The van der Waals surface area contributed by atoms with Crippen LogP contribution in [-0.2, 0) is 0 Å². The van der Waals surface area contributed by atoms with Crippen molar-refractivity contribution in [3.63, 3.8) is 0 Å². The average Bonchev–Trinajstić information content (AvgIpc) is 2.95. The van der Waals surface area contributed by atoms with Gasteiger partial charge < -0.3 is 10.3 Å². The molecule has 2 aromatic carbocycles. The fourth-order valence-corrected chi connectivity index (χ4v) is 2.74. The number of para-hydroxylation sites is 1. The first kappa shape index (κ1) is 15.4. The lowest BCUT2D eigenvalue weighted by Crippen LogP contribution is -2.05. The van der Waals surface area contributed by atoms with Crippen molar-refractivity contribution in [2.75, 3.05) is 5.32 Å². The first-order chi connectivity index (χ1) is 11.1. The second-order valence-electron chi connectivity index (χ2n) is 5.50. The lowest BCUT2D eigenvalue weighted by molar-refractivity contribution is 0.103. The van der Waals surface area contributed by atoms with Gasteiger partial charge >= 0.3 is 0 Å². The zero-order chi connectivity index (χ0) is 16.4. The van der Waals surface area contributed by atoms with Crippen LogP contribution >= 0.6 is 11.6 Å². The Balaban J connectivity index is 1.88. The predicted molar refractivity (Wildman–Crippen MR) is 94.9 cm³/mol. The molecule has 0 aliphatic rings. The molecule has 0 atom stereocenters. The van der Waals surface area contributed by atoms with Gasteiger partial charge in [0.2, 0.25) is 5.78 Å². The molecule has 4 heteroatoms. The number of aryl methyl sites for hydroxylation is 2. The van der Waals surface area contributed by atoms with Gasteiger partial charge in [-0.1, -0.05) is 29.8 Å². The average molecular weight is 325 g/mol. The van der Waals surface area contributed by atoms with Crippen molar-refractivity contribution in [1.82, 2.24) is 4.98 Å². The van der Waals surface area contributed by atoms with E-state index in [0.29, 0.717) is 16.3 Å². The quantitative estimate of drug-likeness (QED) is 0.643. The number of carbonyl (C=O) groups is 1. The molecular formula is C19H17ClN2O. The Morgan fingerprint density at radius 3 is 2.48 bits per heavy atom. The predicted octanol–water partition coefficient (Wildman–Crippen LogP) is 5.26. The molecule has 116 valence electrons. The molecule has 0 saturated carbocycles. The third-order valence-electron chi connectivity index (χ3n) is 3.82. The number of nitrogens with one attached hydrogen (secondary N) is 2. The van der Waals surface area contributed by atoms with E-state index in [9.17, 15) is 4.79 Å². The summed E-state index contributed by atoms with van der Waals surface area (Å²) in [6.45, 7) is 3.93. The van der Waals surface area contributed by atoms with E-state index in [4.69, 9.17) is 11.6 Å². The van der Waals surface area contributed by atoms with Crippen LogP contribution in [0, 0.1) is 13.8 Å². The van der Waals surface area contributed by atoms with E-state index in [2.05, 4.69) is 10.3 Å². The lowest BCUT2D eigenvalue weighted by Gasteiger charge is -2.11. The van der Waals surface area contributed by atoms with Crippen molar-refractivity contribution in [3.05, 3.63) is 82.1 Å². The van der Waals surface area contributed by atoms with Gasteiger partial charge in [0, 0.05) is 23.1 Å². The summed E-state index contributed by atoms with van der Waals surface area (Å²) in [5.74, 6) is -0.0973. The van der Waals surface area contributed by atoms with Gasteiger partial charge in [0.15, 0.2) is 0 Å². The van der Waals surface area contributed by atoms with Crippen molar-refractivity contribution >= 4 is 28.8 Å². The van der Waals surface area contributed by atoms with Gasteiger partial charge in [-0.05, 0) is 55.3 Å². The Labute approximate surface area is 140 Å². The Hall–Kier alpha value is -2.52. The summed E-state index contributed by atoms with van der Waals surface area (Å²) in [6.07, 6.45) is 1.75. The fraction of sp³-hybridized carbons (Fsp3) is 0.105. The van der Waals surface area contributed by atoms with Crippen molar-refractivity contribution < 1.29 is 4.79 Å². The van der Waals surface area contributed by atoms with Gasteiger partial charge in [0.25, 0.3) is 0 Å². The number of benzene rings is 2. The molecule has 1 aromatic heterocycles. The summed E-state index contributed by atoms with van der Waals surface area (Å²) in [7, 11) is 0. The molecule has 2 N–H and O–H groups in total. The van der Waals surface area contributed by atoms with E-state index in [-0.39, 0.29) is 5.78 Å². The highest BCUT2D eigenvalue weighted by Crippen LogP contribution is 2.27. The van der Waals surface area contributed by atoms with Gasteiger partial charge in [-0.3, -0.25) is 4.79 Å². The number of carbonyl (C=O) groups excluding carboxylic acids is 1. The van der Waals surface area contributed by atoms with Gasteiger partial charge in [-0.2, -0.15) is 0 Å². The maximum absolute atomic E-state index is 12.5. The molecule has 0 spiro atoms. The number of hydrogen-bond donors (Lipinski definition) is 2. The number of rotatable bonds is 4. The summed E-state index contributed by atoms with van der Waals surface area (Å²) in [5, 5.41) is 3.75. The molecule has 0 radical (unpaired) electrons. The highest BCUT2D eigenvalue weighted by molar-refractivity contribution is 6.35. The normalized spacial score (nSPS) is 10.6. The van der Waals surface area contributed by atoms with Crippen LogP contribution in [0.2, 0.25) is 5.02 Å². The highest BCUT2D eigenvalue weighted by atomic mass is 35.5. The molecule has 3 rings (SSSR count). The van der Waals surface area contributed by atoms with Crippen LogP contribution in [-0.4, -0.2) is 10.8 Å². The summed E-state index contributed by atoms with van der Waals surface area (Å²) in [4.78, 5) is 15.5. The van der Waals surface area contributed by atoms with Crippen LogP contribution in [0.4, 0.5) is 11.4 Å². The van der Waals surface area contributed by atoms with E-state index < -0.39 is 0 Å². The largest absolute Gasteiger partial charge is 0.358 e. The topological polar surface area (TPSA) is 44.9 Å². The zero-order valence-electron chi connectivity index (χ0n) is 13.0. The SMILES string of the molecule is Cc1ccccc1Nc1ccc(C(=O)c2[nH]ccc2C)c(Cl)c1. The molecule has 0 unspecified atom stereocenters. The summed E-state index contributed by atoms with van der Waals surface area (Å²) in [5.41, 5.74) is 4.99.